The van der Waals surface area contributed by atoms with Crippen LogP contribution in [0, 0.1) is 13.8 Å². The van der Waals surface area contributed by atoms with Crippen LogP contribution in [0.1, 0.15) is 20.1 Å². The molecule has 1 N–H and O–H groups in total. The number of hydrogen-bond donors (Lipinski definition) is 1. The number of thiophene rings is 1. The highest BCUT2D eigenvalue weighted by molar-refractivity contribution is 7.16. The molecular formula is C25H19N3OS2. The smallest absolute Gasteiger partial charge is 0.258 e. The van der Waals surface area contributed by atoms with Crippen LogP contribution in [-0.4, -0.2) is 15.9 Å². The highest BCUT2D eigenvalue weighted by Crippen LogP contribution is 2.32. The first-order valence-corrected chi connectivity index (χ1v) is 11.5. The lowest BCUT2D eigenvalue weighted by atomic mass is 10.1. The van der Waals surface area contributed by atoms with Gasteiger partial charge in [0.1, 0.15) is 0 Å². The van der Waals surface area contributed by atoms with Crippen LogP contribution in [0.4, 0.5) is 5.13 Å². The van der Waals surface area contributed by atoms with Crippen molar-refractivity contribution in [2.24, 2.45) is 0 Å². The van der Waals surface area contributed by atoms with Crippen molar-refractivity contribution in [3.8, 4) is 21.8 Å². The van der Waals surface area contributed by atoms with Crippen molar-refractivity contribution in [1.82, 2.24) is 9.97 Å². The van der Waals surface area contributed by atoms with Crippen LogP contribution in [0.3, 0.4) is 0 Å². The molecule has 0 spiro atoms. The first-order chi connectivity index (χ1) is 15.1. The largest absolute Gasteiger partial charge is 0.298 e. The molecule has 0 radical (unpaired) electrons. The van der Waals surface area contributed by atoms with Crippen LogP contribution in [0.5, 0.6) is 0 Å². The molecule has 0 fully saturated rings. The highest BCUT2D eigenvalue weighted by atomic mass is 32.1. The topological polar surface area (TPSA) is 54.9 Å². The van der Waals surface area contributed by atoms with E-state index in [0.29, 0.717) is 10.7 Å². The zero-order chi connectivity index (χ0) is 21.4. The number of thiazole rings is 1. The number of rotatable bonds is 4. The van der Waals surface area contributed by atoms with Crippen molar-refractivity contribution in [2.75, 3.05) is 5.32 Å². The number of carbonyl (C=O) groups is 1. The van der Waals surface area contributed by atoms with Gasteiger partial charge in [-0.1, -0.05) is 48.5 Å². The van der Waals surface area contributed by atoms with Gasteiger partial charge in [-0.15, -0.1) is 22.7 Å². The van der Waals surface area contributed by atoms with Crippen molar-refractivity contribution in [3.63, 3.8) is 0 Å². The van der Waals surface area contributed by atoms with Gasteiger partial charge >= 0.3 is 0 Å². The number of nitrogens with one attached hydrogen (secondary N) is 1. The molecule has 0 saturated heterocycles. The SMILES string of the molecule is Cc1ccc(-c2cc(C(=O)Nc3nc(-c4ccccc4)c(C)s3)c3ccccc3n2)s1. The maximum absolute atomic E-state index is 13.3. The summed E-state index contributed by atoms with van der Waals surface area (Å²) in [5, 5.41) is 4.43. The molecule has 0 aliphatic heterocycles. The average molecular weight is 442 g/mol. The molecule has 152 valence electrons. The van der Waals surface area contributed by atoms with E-state index >= 15 is 0 Å². The lowest BCUT2D eigenvalue weighted by Gasteiger charge is -2.08. The van der Waals surface area contributed by atoms with E-state index < -0.39 is 0 Å². The minimum atomic E-state index is -0.179. The predicted octanol–water partition coefficient (Wildman–Crippen LogP) is 6.96. The monoisotopic (exact) mass is 441 g/mol. The number of benzene rings is 2. The molecule has 0 bridgehead atoms. The van der Waals surface area contributed by atoms with Crippen molar-refractivity contribution >= 4 is 44.6 Å². The molecule has 31 heavy (non-hydrogen) atoms. The fourth-order valence-corrected chi connectivity index (χ4v) is 5.20. The molecule has 0 atom stereocenters. The van der Waals surface area contributed by atoms with Gasteiger partial charge in [-0.05, 0) is 38.1 Å². The summed E-state index contributed by atoms with van der Waals surface area (Å²) in [6, 6.07) is 23.8. The zero-order valence-electron chi connectivity index (χ0n) is 17.0. The second-order valence-electron chi connectivity index (χ2n) is 7.23. The molecule has 0 aliphatic carbocycles. The Morgan fingerprint density at radius 2 is 1.65 bits per heavy atom. The summed E-state index contributed by atoms with van der Waals surface area (Å²) in [4.78, 5) is 26.1. The molecule has 5 rings (SSSR count). The first kappa shape index (κ1) is 19.6. The minimum Gasteiger partial charge on any atom is -0.298 e. The van der Waals surface area contributed by atoms with Gasteiger partial charge < -0.3 is 0 Å². The summed E-state index contributed by atoms with van der Waals surface area (Å²) < 4.78 is 0. The van der Waals surface area contributed by atoms with Crippen LogP contribution in [0.15, 0.2) is 72.8 Å². The molecule has 1 amide bonds. The molecule has 3 heterocycles. The summed E-state index contributed by atoms with van der Waals surface area (Å²) >= 11 is 3.16. The molecule has 4 nitrogen and oxygen atoms in total. The van der Waals surface area contributed by atoms with Crippen LogP contribution in [0.2, 0.25) is 0 Å². The standard InChI is InChI=1S/C25H19N3OS2/c1-15-12-13-22(30-15)21-14-19(18-10-6-7-11-20(18)26-21)24(29)28-25-27-23(16(2)31-25)17-8-4-3-5-9-17/h3-14H,1-2H3,(H,27,28,29). The van der Waals surface area contributed by atoms with Crippen LogP contribution < -0.4 is 5.32 Å². The van der Waals surface area contributed by atoms with E-state index in [0.717, 1.165) is 37.6 Å². The third-order valence-electron chi connectivity index (χ3n) is 5.02. The highest BCUT2D eigenvalue weighted by Gasteiger charge is 2.17. The van der Waals surface area contributed by atoms with E-state index in [-0.39, 0.29) is 5.91 Å². The number of carbonyl (C=O) groups excluding carboxylic acids is 1. The Kier molecular flexibility index (Phi) is 5.10. The van der Waals surface area contributed by atoms with Crippen LogP contribution >= 0.6 is 22.7 Å². The summed E-state index contributed by atoms with van der Waals surface area (Å²) in [6.45, 7) is 4.09. The number of anilines is 1. The van der Waals surface area contributed by atoms with E-state index in [1.165, 1.54) is 16.2 Å². The number of amides is 1. The van der Waals surface area contributed by atoms with Crippen molar-refractivity contribution in [3.05, 3.63) is 88.1 Å². The van der Waals surface area contributed by atoms with Gasteiger partial charge in [0.05, 0.1) is 27.3 Å². The Balaban J connectivity index is 1.53. The van der Waals surface area contributed by atoms with Crippen LogP contribution in [-0.2, 0) is 0 Å². The maximum atomic E-state index is 13.3. The molecule has 5 aromatic rings. The number of aromatic nitrogens is 2. The molecular weight excluding hydrogens is 422 g/mol. The second-order valence-corrected chi connectivity index (χ2v) is 9.72. The predicted molar refractivity (Wildman–Crippen MR) is 130 cm³/mol. The van der Waals surface area contributed by atoms with Gasteiger partial charge in [0.25, 0.3) is 5.91 Å². The number of nitrogens with zero attached hydrogens (tertiary/aromatic N) is 2. The van der Waals surface area contributed by atoms with E-state index in [4.69, 9.17) is 4.98 Å². The van der Waals surface area contributed by atoms with Gasteiger partial charge in [0, 0.05) is 20.7 Å². The first-order valence-electron chi connectivity index (χ1n) is 9.89. The Hall–Kier alpha value is -3.35. The molecule has 0 unspecified atom stereocenters. The van der Waals surface area contributed by atoms with E-state index in [1.54, 1.807) is 11.3 Å². The third-order valence-corrected chi connectivity index (χ3v) is 6.93. The summed E-state index contributed by atoms with van der Waals surface area (Å²) in [7, 11) is 0. The third kappa shape index (κ3) is 3.87. The molecule has 3 aromatic heterocycles. The fraction of sp³-hybridized carbons (Fsp3) is 0.0800. The fourth-order valence-electron chi connectivity index (χ4n) is 3.54. The van der Waals surface area contributed by atoms with E-state index in [9.17, 15) is 4.79 Å². The average Bonchev–Trinajstić information content (AvgIpc) is 3.38. The second kappa shape index (κ2) is 8.06. The van der Waals surface area contributed by atoms with Gasteiger partial charge in [0.2, 0.25) is 0 Å². The zero-order valence-corrected chi connectivity index (χ0v) is 18.7. The minimum absolute atomic E-state index is 0.179. The maximum Gasteiger partial charge on any atom is 0.258 e. The van der Waals surface area contributed by atoms with Crippen molar-refractivity contribution in [1.29, 1.82) is 0 Å². The number of pyridine rings is 1. The van der Waals surface area contributed by atoms with E-state index in [1.807, 2.05) is 67.6 Å². The Labute approximate surface area is 188 Å². The van der Waals surface area contributed by atoms with Gasteiger partial charge in [-0.3, -0.25) is 10.1 Å². The number of hydrogen-bond acceptors (Lipinski definition) is 5. The summed E-state index contributed by atoms with van der Waals surface area (Å²) in [5.41, 5.74) is 4.15. The van der Waals surface area contributed by atoms with Crippen LogP contribution in [0.25, 0.3) is 32.7 Å². The molecule has 0 saturated carbocycles. The number of fused-ring (bicyclic) bond motifs is 1. The van der Waals surface area contributed by atoms with Crippen molar-refractivity contribution < 1.29 is 4.79 Å². The Morgan fingerprint density at radius 3 is 2.42 bits per heavy atom. The summed E-state index contributed by atoms with van der Waals surface area (Å²) in [6.07, 6.45) is 0. The lowest BCUT2D eigenvalue weighted by Crippen LogP contribution is -2.13. The molecule has 6 heteroatoms. The normalized spacial score (nSPS) is 11.0. The summed E-state index contributed by atoms with van der Waals surface area (Å²) in [5.74, 6) is -0.179. The van der Waals surface area contributed by atoms with E-state index in [2.05, 4.69) is 29.4 Å². The van der Waals surface area contributed by atoms with Gasteiger partial charge in [0.15, 0.2) is 5.13 Å². The Morgan fingerprint density at radius 1 is 0.871 bits per heavy atom. The number of para-hydroxylation sites is 1. The molecule has 0 aliphatic rings. The van der Waals surface area contributed by atoms with Gasteiger partial charge in [-0.2, -0.15) is 0 Å². The number of aryl methyl sites for hydroxylation is 2. The molecule has 2 aromatic carbocycles. The quantitative estimate of drug-likeness (QED) is 0.328. The van der Waals surface area contributed by atoms with Crippen molar-refractivity contribution in [2.45, 2.75) is 13.8 Å². The Bertz CT molecular complexity index is 1400. The lowest BCUT2D eigenvalue weighted by molar-refractivity contribution is 0.102. The van der Waals surface area contributed by atoms with Gasteiger partial charge in [-0.25, -0.2) is 9.97 Å².